The molecule has 0 saturated carbocycles. The zero-order chi connectivity index (χ0) is 12.1. The Morgan fingerprint density at radius 2 is 2.06 bits per heavy atom. The molecule has 0 aromatic heterocycles. The average molecular weight is 220 g/mol. The number of ketones is 1. The molecular weight excluding hydrogens is 200 g/mol. The molecule has 16 heavy (non-hydrogen) atoms. The summed E-state index contributed by atoms with van der Waals surface area (Å²) in [6.45, 7) is 6.13. The van der Waals surface area contributed by atoms with E-state index in [2.05, 4.69) is 13.8 Å². The SMILES string of the molecule is CCCC(=O)c1ccc(O)c(C(C)CC)c1. The molecule has 88 valence electrons. The van der Waals surface area contributed by atoms with Crippen molar-refractivity contribution in [2.24, 2.45) is 0 Å². The van der Waals surface area contributed by atoms with Gasteiger partial charge in [-0.05, 0) is 42.5 Å². The molecule has 1 unspecified atom stereocenters. The van der Waals surface area contributed by atoms with Crippen molar-refractivity contribution in [2.45, 2.75) is 46.0 Å². The molecule has 0 amide bonds. The van der Waals surface area contributed by atoms with Crippen LogP contribution in [0.3, 0.4) is 0 Å². The van der Waals surface area contributed by atoms with Gasteiger partial charge >= 0.3 is 0 Å². The fourth-order valence-electron chi connectivity index (χ4n) is 1.71. The van der Waals surface area contributed by atoms with E-state index < -0.39 is 0 Å². The van der Waals surface area contributed by atoms with Crippen molar-refractivity contribution in [2.75, 3.05) is 0 Å². The quantitative estimate of drug-likeness (QED) is 0.764. The van der Waals surface area contributed by atoms with E-state index in [1.54, 1.807) is 12.1 Å². The van der Waals surface area contributed by atoms with Crippen LogP contribution in [0, 0.1) is 0 Å². The molecule has 0 aliphatic carbocycles. The Labute approximate surface area is 97.3 Å². The van der Waals surface area contributed by atoms with Crippen LogP contribution in [0.5, 0.6) is 5.75 Å². The largest absolute Gasteiger partial charge is 0.508 e. The summed E-state index contributed by atoms with van der Waals surface area (Å²) >= 11 is 0. The number of hydrogen-bond acceptors (Lipinski definition) is 2. The number of hydrogen-bond donors (Lipinski definition) is 1. The van der Waals surface area contributed by atoms with E-state index in [1.165, 1.54) is 0 Å². The van der Waals surface area contributed by atoms with Crippen LogP contribution < -0.4 is 0 Å². The monoisotopic (exact) mass is 220 g/mol. The number of carbonyl (C=O) groups is 1. The molecule has 1 aromatic carbocycles. The number of carbonyl (C=O) groups excluding carboxylic acids is 1. The Morgan fingerprint density at radius 1 is 1.38 bits per heavy atom. The van der Waals surface area contributed by atoms with Crippen LogP contribution in [0.2, 0.25) is 0 Å². The molecular formula is C14H20O2. The molecule has 0 heterocycles. The van der Waals surface area contributed by atoms with Crippen molar-refractivity contribution < 1.29 is 9.90 Å². The molecule has 0 fully saturated rings. The third-order valence-electron chi connectivity index (χ3n) is 2.97. The van der Waals surface area contributed by atoms with E-state index in [9.17, 15) is 9.90 Å². The molecule has 0 saturated heterocycles. The molecule has 0 bridgehead atoms. The molecule has 0 aliphatic heterocycles. The summed E-state index contributed by atoms with van der Waals surface area (Å²) in [5.41, 5.74) is 1.60. The third-order valence-corrected chi connectivity index (χ3v) is 2.97. The first-order valence-electron chi connectivity index (χ1n) is 5.96. The lowest BCUT2D eigenvalue weighted by Gasteiger charge is -2.12. The second kappa shape index (κ2) is 5.69. The lowest BCUT2D eigenvalue weighted by molar-refractivity contribution is 0.0981. The zero-order valence-corrected chi connectivity index (χ0v) is 10.3. The van der Waals surface area contributed by atoms with Crippen molar-refractivity contribution in [3.63, 3.8) is 0 Å². The summed E-state index contributed by atoms with van der Waals surface area (Å²) in [5, 5.41) is 9.74. The zero-order valence-electron chi connectivity index (χ0n) is 10.3. The molecule has 0 spiro atoms. The smallest absolute Gasteiger partial charge is 0.162 e. The number of phenolic OH excluding ortho intramolecular Hbond substituents is 1. The molecule has 2 nitrogen and oxygen atoms in total. The first kappa shape index (κ1) is 12.8. The van der Waals surface area contributed by atoms with Crippen LogP contribution in [0.25, 0.3) is 0 Å². The van der Waals surface area contributed by atoms with Gasteiger partial charge in [-0.15, -0.1) is 0 Å². The number of phenols is 1. The minimum atomic E-state index is 0.159. The maximum absolute atomic E-state index is 11.7. The summed E-state index contributed by atoms with van der Waals surface area (Å²) in [6, 6.07) is 5.17. The maximum atomic E-state index is 11.7. The van der Waals surface area contributed by atoms with Crippen molar-refractivity contribution in [1.29, 1.82) is 0 Å². The Bertz CT molecular complexity index is 369. The molecule has 1 N–H and O–H groups in total. The van der Waals surface area contributed by atoms with Gasteiger partial charge in [0.1, 0.15) is 5.75 Å². The van der Waals surface area contributed by atoms with Gasteiger partial charge in [-0.25, -0.2) is 0 Å². The van der Waals surface area contributed by atoms with Crippen molar-refractivity contribution in [3.05, 3.63) is 29.3 Å². The highest BCUT2D eigenvalue weighted by Gasteiger charge is 2.12. The summed E-state index contributed by atoms with van der Waals surface area (Å²) in [7, 11) is 0. The minimum absolute atomic E-state index is 0.159. The Kier molecular flexibility index (Phi) is 4.53. The highest BCUT2D eigenvalue weighted by Crippen LogP contribution is 2.29. The second-order valence-corrected chi connectivity index (χ2v) is 4.26. The normalized spacial score (nSPS) is 12.4. The van der Waals surface area contributed by atoms with Crippen LogP contribution in [-0.2, 0) is 0 Å². The molecule has 0 aliphatic rings. The predicted molar refractivity (Wildman–Crippen MR) is 66.1 cm³/mol. The Morgan fingerprint density at radius 3 is 2.62 bits per heavy atom. The fourth-order valence-corrected chi connectivity index (χ4v) is 1.71. The predicted octanol–water partition coefficient (Wildman–Crippen LogP) is 3.89. The van der Waals surface area contributed by atoms with Crippen LogP contribution >= 0.6 is 0 Å². The minimum Gasteiger partial charge on any atom is -0.508 e. The van der Waals surface area contributed by atoms with Crippen LogP contribution in [0.4, 0.5) is 0 Å². The first-order chi connectivity index (χ1) is 7.60. The topological polar surface area (TPSA) is 37.3 Å². The lowest BCUT2D eigenvalue weighted by Crippen LogP contribution is -2.01. The van der Waals surface area contributed by atoms with E-state index in [1.807, 2.05) is 13.0 Å². The van der Waals surface area contributed by atoms with E-state index in [4.69, 9.17) is 0 Å². The van der Waals surface area contributed by atoms with Crippen LogP contribution in [0.1, 0.15) is 61.9 Å². The maximum Gasteiger partial charge on any atom is 0.162 e. The van der Waals surface area contributed by atoms with Crippen LogP contribution in [0.15, 0.2) is 18.2 Å². The van der Waals surface area contributed by atoms with Gasteiger partial charge in [0.05, 0.1) is 0 Å². The molecule has 1 atom stereocenters. The molecule has 0 radical (unpaired) electrons. The third kappa shape index (κ3) is 2.84. The van der Waals surface area contributed by atoms with Crippen molar-refractivity contribution >= 4 is 5.78 Å². The summed E-state index contributed by atoms with van der Waals surface area (Å²) < 4.78 is 0. The van der Waals surface area contributed by atoms with Gasteiger partial charge in [0, 0.05) is 12.0 Å². The molecule has 1 rings (SSSR count). The summed E-state index contributed by atoms with van der Waals surface area (Å²) in [5.74, 6) is 0.740. The van der Waals surface area contributed by atoms with Gasteiger partial charge < -0.3 is 5.11 Å². The highest BCUT2D eigenvalue weighted by molar-refractivity contribution is 5.96. The van der Waals surface area contributed by atoms with E-state index >= 15 is 0 Å². The number of benzene rings is 1. The van der Waals surface area contributed by atoms with Gasteiger partial charge in [-0.2, -0.15) is 0 Å². The van der Waals surface area contributed by atoms with Crippen molar-refractivity contribution in [1.82, 2.24) is 0 Å². The van der Waals surface area contributed by atoms with E-state index in [0.717, 1.165) is 24.0 Å². The average Bonchev–Trinajstić information content (AvgIpc) is 2.29. The number of rotatable bonds is 5. The second-order valence-electron chi connectivity index (χ2n) is 4.26. The van der Waals surface area contributed by atoms with Gasteiger partial charge in [0.15, 0.2) is 5.78 Å². The van der Waals surface area contributed by atoms with E-state index in [-0.39, 0.29) is 11.7 Å². The van der Waals surface area contributed by atoms with Gasteiger partial charge in [0.25, 0.3) is 0 Å². The Balaban J connectivity index is 3.02. The van der Waals surface area contributed by atoms with Gasteiger partial charge in [-0.3, -0.25) is 4.79 Å². The summed E-state index contributed by atoms with van der Waals surface area (Å²) in [6.07, 6.45) is 2.39. The van der Waals surface area contributed by atoms with Gasteiger partial charge in [-0.1, -0.05) is 20.8 Å². The van der Waals surface area contributed by atoms with E-state index in [0.29, 0.717) is 12.2 Å². The van der Waals surface area contributed by atoms with Crippen molar-refractivity contribution in [3.8, 4) is 5.75 Å². The molecule has 2 heteroatoms. The van der Waals surface area contributed by atoms with Gasteiger partial charge in [0.2, 0.25) is 0 Å². The standard InChI is InChI=1S/C14H20O2/c1-4-6-13(15)11-7-8-14(16)12(9-11)10(3)5-2/h7-10,16H,4-6H2,1-3H3. The lowest BCUT2D eigenvalue weighted by atomic mass is 9.94. The first-order valence-corrected chi connectivity index (χ1v) is 5.96. The summed E-state index contributed by atoms with van der Waals surface area (Å²) in [4.78, 5) is 11.7. The number of aromatic hydroxyl groups is 1. The molecule has 1 aromatic rings. The highest BCUT2D eigenvalue weighted by atomic mass is 16.3. The fraction of sp³-hybridized carbons (Fsp3) is 0.500. The Hall–Kier alpha value is -1.31. The van der Waals surface area contributed by atoms with Crippen LogP contribution in [-0.4, -0.2) is 10.9 Å². The number of Topliss-reactive ketones (excluding diaryl/α,β-unsaturated/α-hetero) is 1.